The first kappa shape index (κ1) is 21.5. The Hall–Kier alpha value is -1.57. The maximum absolute atomic E-state index is 11.6. The summed E-state index contributed by atoms with van der Waals surface area (Å²) >= 11 is 0. The second kappa shape index (κ2) is 11.9. The van der Waals surface area contributed by atoms with Crippen molar-refractivity contribution in [3.63, 3.8) is 0 Å². The third-order valence-corrected chi connectivity index (χ3v) is 3.96. The molecule has 0 radical (unpaired) electrons. The molecule has 1 aromatic rings. The number of nitrogens with one attached hydrogen (secondary N) is 2. The molecule has 6 heteroatoms. The SMILES string of the molecule is CCNC(=O)CN=C(NCC)N1CCC(=Cc2ccccc2)CC1.I. The summed E-state index contributed by atoms with van der Waals surface area (Å²) in [7, 11) is 0. The van der Waals surface area contributed by atoms with E-state index in [4.69, 9.17) is 0 Å². The maximum Gasteiger partial charge on any atom is 0.241 e. The van der Waals surface area contributed by atoms with Crippen LogP contribution in [-0.4, -0.2) is 49.5 Å². The number of benzene rings is 1. The summed E-state index contributed by atoms with van der Waals surface area (Å²) in [6.45, 7) is 7.45. The number of hydrogen-bond donors (Lipinski definition) is 2. The van der Waals surface area contributed by atoms with Gasteiger partial charge in [-0.1, -0.05) is 42.0 Å². The molecule has 1 saturated heterocycles. The zero-order chi connectivity index (χ0) is 17.2. The lowest BCUT2D eigenvalue weighted by molar-refractivity contribution is -0.119. The van der Waals surface area contributed by atoms with Gasteiger partial charge in [0.05, 0.1) is 0 Å². The van der Waals surface area contributed by atoms with Crippen LogP contribution in [0.25, 0.3) is 6.08 Å². The van der Waals surface area contributed by atoms with Crippen molar-refractivity contribution in [1.82, 2.24) is 15.5 Å². The lowest BCUT2D eigenvalue weighted by Gasteiger charge is -2.31. The average Bonchev–Trinajstić information content (AvgIpc) is 2.60. The van der Waals surface area contributed by atoms with E-state index >= 15 is 0 Å². The van der Waals surface area contributed by atoms with Gasteiger partial charge in [-0.2, -0.15) is 0 Å². The van der Waals surface area contributed by atoms with Gasteiger partial charge in [0.2, 0.25) is 5.91 Å². The maximum atomic E-state index is 11.6. The molecule has 0 atom stereocenters. The van der Waals surface area contributed by atoms with E-state index in [-0.39, 0.29) is 36.4 Å². The summed E-state index contributed by atoms with van der Waals surface area (Å²) in [5.74, 6) is 0.803. The molecule has 0 aliphatic carbocycles. The van der Waals surface area contributed by atoms with Crippen LogP contribution >= 0.6 is 24.0 Å². The smallest absolute Gasteiger partial charge is 0.241 e. The fourth-order valence-electron chi connectivity index (χ4n) is 2.76. The molecular weight excluding hydrogens is 427 g/mol. The molecule has 0 unspecified atom stereocenters. The second-order valence-electron chi connectivity index (χ2n) is 5.82. The quantitative estimate of drug-likeness (QED) is 0.407. The molecule has 25 heavy (non-hydrogen) atoms. The predicted molar refractivity (Wildman–Crippen MR) is 115 cm³/mol. The summed E-state index contributed by atoms with van der Waals surface area (Å²) in [6, 6.07) is 10.4. The number of halogens is 1. The Bertz CT molecular complexity index is 576. The monoisotopic (exact) mass is 456 g/mol. The van der Waals surface area contributed by atoms with Gasteiger partial charge < -0.3 is 15.5 Å². The van der Waals surface area contributed by atoms with E-state index in [9.17, 15) is 4.79 Å². The molecule has 5 nitrogen and oxygen atoms in total. The zero-order valence-electron chi connectivity index (χ0n) is 15.1. The molecular formula is C19H29IN4O. The van der Waals surface area contributed by atoms with Crippen molar-refractivity contribution in [1.29, 1.82) is 0 Å². The van der Waals surface area contributed by atoms with Crippen LogP contribution in [0.2, 0.25) is 0 Å². The van der Waals surface area contributed by atoms with Crippen molar-refractivity contribution in [2.75, 3.05) is 32.7 Å². The van der Waals surface area contributed by atoms with E-state index in [2.05, 4.69) is 50.9 Å². The Morgan fingerprint density at radius 2 is 1.76 bits per heavy atom. The normalized spacial score (nSPS) is 14.6. The largest absolute Gasteiger partial charge is 0.357 e. The fraction of sp³-hybridized carbons (Fsp3) is 0.474. The number of rotatable bonds is 5. The average molecular weight is 456 g/mol. The van der Waals surface area contributed by atoms with Gasteiger partial charge in [0, 0.05) is 26.2 Å². The van der Waals surface area contributed by atoms with Crippen LogP contribution in [0, 0.1) is 0 Å². The van der Waals surface area contributed by atoms with Gasteiger partial charge in [-0.15, -0.1) is 24.0 Å². The van der Waals surface area contributed by atoms with E-state index in [1.165, 1.54) is 11.1 Å². The number of carbonyl (C=O) groups excluding carboxylic acids is 1. The molecule has 2 rings (SSSR count). The van der Waals surface area contributed by atoms with Crippen LogP contribution in [0.4, 0.5) is 0 Å². The molecule has 1 fully saturated rings. The molecule has 1 aliphatic rings. The lowest BCUT2D eigenvalue weighted by atomic mass is 10.0. The van der Waals surface area contributed by atoms with Crippen LogP contribution in [-0.2, 0) is 4.79 Å². The van der Waals surface area contributed by atoms with Crippen LogP contribution < -0.4 is 10.6 Å². The van der Waals surface area contributed by atoms with Gasteiger partial charge >= 0.3 is 0 Å². The number of carbonyl (C=O) groups is 1. The summed E-state index contributed by atoms with van der Waals surface area (Å²) < 4.78 is 0. The highest BCUT2D eigenvalue weighted by molar-refractivity contribution is 14.0. The highest BCUT2D eigenvalue weighted by Gasteiger charge is 2.17. The molecule has 1 heterocycles. The van der Waals surface area contributed by atoms with Gasteiger partial charge in [-0.3, -0.25) is 4.79 Å². The first-order valence-corrected chi connectivity index (χ1v) is 8.77. The van der Waals surface area contributed by atoms with Crippen molar-refractivity contribution in [3.05, 3.63) is 41.5 Å². The van der Waals surface area contributed by atoms with Crippen LogP contribution in [0.1, 0.15) is 32.3 Å². The van der Waals surface area contributed by atoms with Crippen molar-refractivity contribution in [2.45, 2.75) is 26.7 Å². The zero-order valence-corrected chi connectivity index (χ0v) is 17.5. The van der Waals surface area contributed by atoms with Gasteiger partial charge in [-0.25, -0.2) is 4.99 Å². The number of guanidine groups is 1. The van der Waals surface area contributed by atoms with Crippen LogP contribution in [0.3, 0.4) is 0 Å². The summed E-state index contributed by atoms with van der Waals surface area (Å²) in [5.41, 5.74) is 2.73. The van der Waals surface area contributed by atoms with E-state index < -0.39 is 0 Å². The van der Waals surface area contributed by atoms with Gasteiger partial charge in [0.15, 0.2) is 5.96 Å². The molecule has 1 amide bonds. The van der Waals surface area contributed by atoms with Gasteiger partial charge in [-0.05, 0) is 32.3 Å². The Labute approximate surface area is 168 Å². The van der Waals surface area contributed by atoms with E-state index in [0.717, 1.165) is 38.4 Å². The van der Waals surface area contributed by atoms with Crippen molar-refractivity contribution in [2.24, 2.45) is 4.99 Å². The molecule has 138 valence electrons. The summed E-state index contributed by atoms with van der Waals surface area (Å²) in [5, 5.41) is 6.07. The third kappa shape index (κ3) is 7.46. The van der Waals surface area contributed by atoms with E-state index in [1.807, 2.05) is 19.9 Å². The van der Waals surface area contributed by atoms with Gasteiger partial charge in [0.25, 0.3) is 0 Å². The first-order chi connectivity index (χ1) is 11.7. The number of likely N-dealkylation sites (tertiary alicyclic amines) is 1. The first-order valence-electron chi connectivity index (χ1n) is 8.77. The third-order valence-electron chi connectivity index (χ3n) is 3.96. The molecule has 1 aromatic carbocycles. The highest BCUT2D eigenvalue weighted by Crippen LogP contribution is 2.19. The lowest BCUT2D eigenvalue weighted by Crippen LogP contribution is -2.45. The second-order valence-corrected chi connectivity index (χ2v) is 5.82. The Kier molecular flexibility index (Phi) is 10.2. The number of aliphatic imine (C=N–C) groups is 1. The Balaban J connectivity index is 0.00000312. The summed E-state index contributed by atoms with van der Waals surface area (Å²) in [4.78, 5) is 18.3. The minimum Gasteiger partial charge on any atom is -0.357 e. The summed E-state index contributed by atoms with van der Waals surface area (Å²) in [6.07, 6.45) is 4.34. The number of amides is 1. The molecule has 1 aliphatic heterocycles. The number of nitrogens with zero attached hydrogens (tertiary/aromatic N) is 2. The standard InChI is InChI=1S/C19H28N4O.HI/c1-3-20-18(24)15-22-19(21-4-2)23-12-10-17(11-13-23)14-16-8-6-5-7-9-16;/h5-9,14H,3-4,10-13,15H2,1-2H3,(H,20,24)(H,21,22);1H. The molecule has 0 spiro atoms. The molecule has 2 N–H and O–H groups in total. The number of hydrogen-bond acceptors (Lipinski definition) is 2. The Morgan fingerprint density at radius 3 is 2.36 bits per heavy atom. The molecule has 0 bridgehead atoms. The van der Waals surface area contributed by atoms with Crippen LogP contribution in [0.5, 0.6) is 0 Å². The fourth-order valence-corrected chi connectivity index (χ4v) is 2.76. The van der Waals surface area contributed by atoms with Crippen molar-refractivity contribution in [3.8, 4) is 0 Å². The molecule has 0 aromatic heterocycles. The minimum atomic E-state index is -0.0328. The molecule has 0 saturated carbocycles. The van der Waals surface area contributed by atoms with E-state index in [0.29, 0.717) is 6.54 Å². The van der Waals surface area contributed by atoms with E-state index in [1.54, 1.807) is 0 Å². The highest BCUT2D eigenvalue weighted by atomic mass is 127. The number of likely N-dealkylation sites (N-methyl/N-ethyl adjacent to an activating group) is 1. The van der Waals surface area contributed by atoms with Crippen molar-refractivity contribution < 1.29 is 4.79 Å². The Morgan fingerprint density at radius 1 is 1.12 bits per heavy atom. The number of piperidine rings is 1. The van der Waals surface area contributed by atoms with Crippen molar-refractivity contribution >= 4 is 41.9 Å². The van der Waals surface area contributed by atoms with Crippen LogP contribution in [0.15, 0.2) is 40.9 Å². The predicted octanol–water partition coefficient (Wildman–Crippen LogP) is 2.89. The minimum absolute atomic E-state index is 0. The van der Waals surface area contributed by atoms with Gasteiger partial charge in [0.1, 0.15) is 6.54 Å². The topological polar surface area (TPSA) is 56.7 Å².